The first-order chi connectivity index (χ1) is 8.62. The van der Waals surface area contributed by atoms with Crippen molar-refractivity contribution in [2.75, 3.05) is 11.9 Å². The van der Waals surface area contributed by atoms with Gasteiger partial charge in [-0.25, -0.2) is 4.98 Å². The van der Waals surface area contributed by atoms with Gasteiger partial charge in [0.2, 0.25) is 0 Å². The number of nitrogens with zero attached hydrogens (tertiary/aromatic N) is 2. The SMILES string of the molecule is O=C(O)C1(CNc2nccn(C3CC3)c2=O)CC1. The van der Waals surface area contributed by atoms with E-state index in [0.717, 1.165) is 12.8 Å². The molecule has 0 aliphatic heterocycles. The molecule has 2 aliphatic carbocycles. The minimum Gasteiger partial charge on any atom is -0.481 e. The molecular formula is C12H15N3O3. The van der Waals surface area contributed by atoms with Crippen molar-refractivity contribution in [1.82, 2.24) is 9.55 Å². The molecule has 0 aromatic carbocycles. The normalized spacial score (nSPS) is 20.4. The molecule has 3 rings (SSSR count). The van der Waals surface area contributed by atoms with E-state index in [1.165, 1.54) is 0 Å². The van der Waals surface area contributed by atoms with Crippen LogP contribution < -0.4 is 10.9 Å². The van der Waals surface area contributed by atoms with Crippen LogP contribution in [0.15, 0.2) is 17.2 Å². The topological polar surface area (TPSA) is 84.2 Å². The van der Waals surface area contributed by atoms with E-state index in [4.69, 9.17) is 5.11 Å². The van der Waals surface area contributed by atoms with Crippen molar-refractivity contribution >= 4 is 11.8 Å². The number of carbonyl (C=O) groups is 1. The molecule has 0 bridgehead atoms. The molecule has 1 aromatic rings. The van der Waals surface area contributed by atoms with Crippen LogP contribution in [0.5, 0.6) is 0 Å². The summed E-state index contributed by atoms with van der Waals surface area (Å²) >= 11 is 0. The Morgan fingerprint density at radius 3 is 2.83 bits per heavy atom. The third-order valence-corrected chi connectivity index (χ3v) is 3.71. The number of nitrogens with one attached hydrogen (secondary N) is 1. The molecule has 2 saturated carbocycles. The van der Waals surface area contributed by atoms with Crippen molar-refractivity contribution < 1.29 is 9.90 Å². The molecule has 1 heterocycles. The summed E-state index contributed by atoms with van der Waals surface area (Å²) in [4.78, 5) is 27.1. The first-order valence-electron chi connectivity index (χ1n) is 6.17. The van der Waals surface area contributed by atoms with Crippen molar-refractivity contribution in [2.45, 2.75) is 31.7 Å². The zero-order chi connectivity index (χ0) is 12.8. The van der Waals surface area contributed by atoms with Crippen LogP contribution in [-0.2, 0) is 4.79 Å². The molecule has 6 nitrogen and oxygen atoms in total. The molecule has 2 aliphatic rings. The summed E-state index contributed by atoms with van der Waals surface area (Å²) in [7, 11) is 0. The fourth-order valence-electron chi connectivity index (χ4n) is 2.06. The first-order valence-corrected chi connectivity index (χ1v) is 6.17. The minimum absolute atomic E-state index is 0.152. The summed E-state index contributed by atoms with van der Waals surface area (Å²) in [5.74, 6) is -0.537. The number of anilines is 1. The Labute approximate surface area is 104 Å². The van der Waals surface area contributed by atoms with Gasteiger partial charge in [-0.1, -0.05) is 0 Å². The van der Waals surface area contributed by atoms with Crippen molar-refractivity contribution in [2.24, 2.45) is 5.41 Å². The smallest absolute Gasteiger partial charge is 0.311 e. The number of aromatic nitrogens is 2. The Morgan fingerprint density at radius 2 is 2.28 bits per heavy atom. The van der Waals surface area contributed by atoms with Gasteiger partial charge < -0.3 is 15.0 Å². The molecule has 6 heteroatoms. The summed E-state index contributed by atoms with van der Waals surface area (Å²) in [5, 5.41) is 12.0. The predicted octanol–water partition coefficient (Wildman–Crippen LogP) is 0.855. The van der Waals surface area contributed by atoms with E-state index >= 15 is 0 Å². The zero-order valence-electron chi connectivity index (χ0n) is 9.93. The molecule has 1 aromatic heterocycles. The highest BCUT2D eigenvalue weighted by molar-refractivity contribution is 5.78. The molecule has 2 N–H and O–H groups in total. The predicted molar refractivity (Wildman–Crippen MR) is 64.6 cm³/mol. The van der Waals surface area contributed by atoms with Gasteiger partial charge in [0.15, 0.2) is 5.82 Å². The van der Waals surface area contributed by atoms with Crippen molar-refractivity contribution in [3.8, 4) is 0 Å². The maximum Gasteiger partial charge on any atom is 0.311 e. The van der Waals surface area contributed by atoms with E-state index in [0.29, 0.717) is 18.9 Å². The number of aliphatic carboxylic acids is 1. The van der Waals surface area contributed by atoms with Gasteiger partial charge >= 0.3 is 5.97 Å². The molecular weight excluding hydrogens is 234 g/mol. The van der Waals surface area contributed by atoms with Gasteiger partial charge in [0.25, 0.3) is 5.56 Å². The van der Waals surface area contributed by atoms with Crippen LogP contribution in [0.4, 0.5) is 5.82 Å². The largest absolute Gasteiger partial charge is 0.481 e. The molecule has 18 heavy (non-hydrogen) atoms. The molecule has 2 fully saturated rings. The van der Waals surface area contributed by atoms with Crippen molar-refractivity contribution in [3.63, 3.8) is 0 Å². The fourth-order valence-corrected chi connectivity index (χ4v) is 2.06. The third-order valence-electron chi connectivity index (χ3n) is 3.71. The molecule has 0 amide bonds. The highest BCUT2D eigenvalue weighted by Crippen LogP contribution is 2.45. The second-order valence-electron chi connectivity index (χ2n) is 5.16. The molecule has 0 saturated heterocycles. The first kappa shape index (κ1) is 11.3. The Morgan fingerprint density at radius 1 is 1.56 bits per heavy atom. The maximum atomic E-state index is 12.0. The number of hydrogen-bond acceptors (Lipinski definition) is 4. The lowest BCUT2D eigenvalue weighted by molar-refractivity contribution is -0.142. The van der Waals surface area contributed by atoms with Gasteiger partial charge in [-0.3, -0.25) is 9.59 Å². The third kappa shape index (κ3) is 1.87. The molecule has 0 radical (unpaired) electrons. The van der Waals surface area contributed by atoms with Gasteiger partial charge in [0.1, 0.15) is 0 Å². The lowest BCUT2D eigenvalue weighted by atomic mass is 10.1. The Kier molecular flexibility index (Phi) is 2.39. The minimum atomic E-state index is -0.798. The second-order valence-corrected chi connectivity index (χ2v) is 5.16. The highest BCUT2D eigenvalue weighted by atomic mass is 16.4. The lowest BCUT2D eigenvalue weighted by Gasteiger charge is -2.12. The Bertz CT molecular complexity index is 544. The summed E-state index contributed by atoms with van der Waals surface area (Å²) < 4.78 is 1.68. The van der Waals surface area contributed by atoms with E-state index in [1.807, 2.05) is 0 Å². The maximum absolute atomic E-state index is 12.0. The standard InChI is InChI=1S/C12H15N3O3/c16-10-9(13-5-6-15(10)8-1-2-8)14-7-12(3-4-12)11(17)18/h5-6,8H,1-4,7H2,(H,13,14)(H,17,18). The average molecular weight is 249 g/mol. The van der Waals surface area contributed by atoms with E-state index in [9.17, 15) is 9.59 Å². The van der Waals surface area contributed by atoms with Gasteiger partial charge in [0, 0.05) is 25.0 Å². The van der Waals surface area contributed by atoms with Crippen LogP contribution in [0, 0.1) is 5.41 Å². The van der Waals surface area contributed by atoms with Crippen molar-refractivity contribution in [3.05, 3.63) is 22.7 Å². The van der Waals surface area contributed by atoms with E-state index in [1.54, 1.807) is 17.0 Å². The number of carboxylic acid groups (broad SMARTS) is 1. The van der Waals surface area contributed by atoms with Gasteiger partial charge in [-0.05, 0) is 25.7 Å². The van der Waals surface area contributed by atoms with E-state index in [2.05, 4.69) is 10.3 Å². The van der Waals surface area contributed by atoms with Crippen LogP contribution in [0.25, 0.3) is 0 Å². The monoisotopic (exact) mass is 249 g/mol. The average Bonchev–Trinajstić information content (AvgIpc) is 3.22. The number of rotatable bonds is 5. The van der Waals surface area contributed by atoms with E-state index in [-0.39, 0.29) is 17.9 Å². The van der Waals surface area contributed by atoms with Crippen LogP contribution in [0.1, 0.15) is 31.7 Å². The Hall–Kier alpha value is -1.85. The molecule has 96 valence electrons. The van der Waals surface area contributed by atoms with Crippen LogP contribution in [0.3, 0.4) is 0 Å². The summed E-state index contributed by atoms with van der Waals surface area (Å²) in [6.45, 7) is 0.277. The van der Waals surface area contributed by atoms with Crippen molar-refractivity contribution in [1.29, 1.82) is 0 Å². The lowest BCUT2D eigenvalue weighted by Crippen LogP contribution is -2.29. The molecule has 0 spiro atoms. The van der Waals surface area contributed by atoms with Crippen LogP contribution in [0.2, 0.25) is 0 Å². The Balaban J connectivity index is 1.75. The molecule has 0 atom stereocenters. The fraction of sp³-hybridized carbons (Fsp3) is 0.583. The van der Waals surface area contributed by atoms with Gasteiger partial charge in [-0.15, -0.1) is 0 Å². The number of carboxylic acids is 1. The second kappa shape index (κ2) is 3.83. The summed E-state index contributed by atoms with van der Waals surface area (Å²) in [6.07, 6.45) is 6.67. The van der Waals surface area contributed by atoms with Gasteiger partial charge in [0.05, 0.1) is 5.41 Å². The van der Waals surface area contributed by atoms with E-state index < -0.39 is 11.4 Å². The number of hydrogen-bond donors (Lipinski definition) is 2. The van der Waals surface area contributed by atoms with Gasteiger partial charge in [-0.2, -0.15) is 0 Å². The quantitative estimate of drug-likeness (QED) is 0.808. The molecule has 0 unspecified atom stereocenters. The van der Waals surface area contributed by atoms with Crippen LogP contribution >= 0.6 is 0 Å². The highest BCUT2D eigenvalue weighted by Gasteiger charge is 2.50. The summed E-state index contributed by atoms with van der Waals surface area (Å²) in [6, 6.07) is 0.301. The van der Waals surface area contributed by atoms with Crippen LogP contribution in [-0.4, -0.2) is 27.2 Å². The summed E-state index contributed by atoms with van der Waals surface area (Å²) in [5.41, 5.74) is -0.838. The zero-order valence-corrected chi connectivity index (χ0v) is 9.93.